The lowest BCUT2D eigenvalue weighted by molar-refractivity contribution is -0.0412. The van der Waals surface area contributed by atoms with Crippen LogP contribution < -0.4 is 0 Å². The van der Waals surface area contributed by atoms with E-state index in [1.165, 1.54) is 135 Å². The summed E-state index contributed by atoms with van der Waals surface area (Å²) in [7, 11) is 0. The van der Waals surface area contributed by atoms with Crippen molar-refractivity contribution in [3.05, 3.63) is 0 Å². The first kappa shape index (κ1) is 33.9. The maximum absolute atomic E-state index is 10.9. The molecule has 3 unspecified atom stereocenters. The average molecular weight is 483 g/mol. The van der Waals surface area contributed by atoms with Gasteiger partial charge in [0.1, 0.15) is 0 Å². The average Bonchev–Trinajstić information content (AvgIpc) is 2.80. The highest BCUT2D eigenvalue weighted by atomic mass is 16.3. The fourth-order valence-corrected chi connectivity index (χ4v) is 5.25. The molecule has 0 saturated heterocycles. The molecule has 0 aromatic heterocycles. The lowest BCUT2D eigenvalue weighted by Crippen LogP contribution is -2.36. The monoisotopic (exact) mass is 483 g/mol. The molecule has 0 aromatic rings. The highest BCUT2D eigenvalue weighted by Crippen LogP contribution is 2.29. The molecule has 2 N–H and O–H groups in total. The number of aliphatic hydroxyl groups is 2. The molecule has 0 aliphatic rings. The van der Waals surface area contributed by atoms with E-state index in [-0.39, 0.29) is 12.0 Å². The van der Waals surface area contributed by atoms with Crippen LogP contribution >= 0.6 is 0 Å². The van der Waals surface area contributed by atoms with Gasteiger partial charge >= 0.3 is 0 Å². The molecule has 0 fully saturated rings. The molecule has 0 rings (SSSR count). The highest BCUT2D eigenvalue weighted by molar-refractivity contribution is 4.82. The summed E-state index contributed by atoms with van der Waals surface area (Å²) in [6, 6.07) is 0. The summed E-state index contributed by atoms with van der Waals surface area (Å²) in [5.74, 6) is 0.262. The van der Waals surface area contributed by atoms with Crippen molar-refractivity contribution in [2.75, 3.05) is 0 Å². The maximum atomic E-state index is 10.9. The number of aliphatic hydroxyl groups excluding tert-OH is 1. The molecule has 0 aromatic carbocycles. The van der Waals surface area contributed by atoms with Gasteiger partial charge in [-0.2, -0.15) is 0 Å². The van der Waals surface area contributed by atoms with Crippen molar-refractivity contribution in [3.63, 3.8) is 0 Å². The number of rotatable bonds is 27. The zero-order valence-corrected chi connectivity index (χ0v) is 24.2. The predicted molar refractivity (Wildman–Crippen MR) is 153 cm³/mol. The van der Waals surface area contributed by atoms with Crippen LogP contribution in [0.15, 0.2) is 0 Å². The third-order valence-electron chi connectivity index (χ3n) is 8.09. The fourth-order valence-electron chi connectivity index (χ4n) is 5.25. The molecule has 0 spiro atoms. The standard InChI is InChI=1S/C32H66O2/c1-5-7-9-11-13-15-17-18-20-22-24-26-28-31(33)29-32(4,34)30(3)27-25-23-21-19-16-14-12-10-8-6-2/h30-31,33-34H,5-29H2,1-4H3. The largest absolute Gasteiger partial charge is 0.393 e. The Morgan fingerprint density at radius 3 is 1.15 bits per heavy atom. The minimum Gasteiger partial charge on any atom is -0.393 e. The van der Waals surface area contributed by atoms with Gasteiger partial charge in [-0.3, -0.25) is 0 Å². The van der Waals surface area contributed by atoms with Gasteiger partial charge in [0.05, 0.1) is 11.7 Å². The number of hydrogen-bond acceptors (Lipinski definition) is 2. The Kier molecular flexibility index (Phi) is 24.5. The minimum absolute atomic E-state index is 0.262. The van der Waals surface area contributed by atoms with E-state index < -0.39 is 5.60 Å². The summed E-state index contributed by atoms with van der Waals surface area (Å²) >= 11 is 0. The number of unbranched alkanes of at least 4 members (excludes halogenated alkanes) is 20. The molecule has 2 heteroatoms. The molecule has 34 heavy (non-hydrogen) atoms. The SMILES string of the molecule is CCCCCCCCCCCCCCC(O)CC(C)(O)C(C)CCCCCCCCCCCC. The summed E-state index contributed by atoms with van der Waals surface area (Å²) in [6.45, 7) is 8.67. The topological polar surface area (TPSA) is 40.5 Å². The van der Waals surface area contributed by atoms with Gasteiger partial charge in [0.25, 0.3) is 0 Å². The normalized spacial score (nSPS) is 15.4. The van der Waals surface area contributed by atoms with Gasteiger partial charge in [-0.15, -0.1) is 0 Å². The first-order chi connectivity index (χ1) is 16.4. The van der Waals surface area contributed by atoms with Crippen molar-refractivity contribution in [1.82, 2.24) is 0 Å². The lowest BCUT2D eigenvalue weighted by atomic mass is 9.81. The quantitative estimate of drug-likeness (QED) is 0.114. The second-order valence-corrected chi connectivity index (χ2v) is 11.8. The van der Waals surface area contributed by atoms with Gasteiger partial charge in [-0.05, 0) is 25.7 Å². The van der Waals surface area contributed by atoms with E-state index in [9.17, 15) is 10.2 Å². The molecule has 206 valence electrons. The summed E-state index contributed by atoms with van der Waals surface area (Å²) < 4.78 is 0. The molecule has 0 radical (unpaired) electrons. The van der Waals surface area contributed by atoms with Gasteiger partial charge in [-0.25, -0.2) is 0 Å². The second-order valence-electron chi connectivity index (χ2n) is 11.8. The second kappa shape index (κ2) is 24.6. The van der Waals surface area contributed by atoms with E-state index in [1.807, 2.05) is 6.92 Å². The summed E-state index contributed by atoms with van der Waals surface area (Å²) in [6.07, 6.45) is 31.8. The van der Waals surface area contributed by atoms with Gasteiger partial charge in [0, 0.05) is 6.42 Å². The predicted octanol–water partition coefficient (Wildman–Crippen LogP) is 10.5. The van der Waals surface area contributed by atoms with E-state index >= 15 is 0 Å². The Labute approximate surface area is 216 Å². The molecule has 0 bridgehead atoms. The van der Waals surface area contributed by atoms with Gasteiger partial charge < -0.3 is 10.2 Å². The van der Waals surface area contributed by atoms with Gasteiger partial charge in [-0.1, -0.05) is 162 Å². The van der Waals surface area contributed by atoms with Crippen molar-refractivity contribution in [3.8, 4) is 0 Å². The van der Waals surface area contributed by atoms with Crippen molar-refractivity contribution in [2.45, 2.75) is 200 Å². The molecule has 0 aliphatic heterocycles. The smallest absolute Gasteiger partial charge is 0.0669 e. The molecule has 0 amide bonds. The molecular formula is C32H66O2. The molecule has 0 saturated carbocycles. The molecule has 0 aliphatic carbocycles. The van der Waals surface area contributed by atoms with Gasteiger partial charge in [0.15, 0.2) is 0 Å². The van der Waals surface area contributed by atoms with Crippen LogP contribution in [0.25, 0.3) is 0 Å². The maximum Gasteiger partial charge on any atom is 0.0669 e. The van der Waals surface area contributed by atoms with Crippen LogP contribution in [0.1, 0.15) is 188 Å². The van der Waals surface area contributed by atoms with Crippen LogP contribution in [0.3, 0.4) is 0 Å². The van der Waals surface area contributed by atoms with Crippen molar-refractivity contribution in [1.29, 1.82) is 0 Å². The highest BCUT2D eigenvalue weighted by Gasteiger charge is 2.30. The Morgan fingerprint density at radius 1 is 0.500 bits per heavy atom. The van der Waals surface area contributed by atoms with Gasteiger partial charge in [0.2, 0.25) is 0 Å². The first-order valence-electron chi connectivity index (χ1n) is 15.8. The van der Waals surface area contributed by atoms with Crippen molar-refractivity contribution < 1.29 is 10.2 Å². The zero-order valence-electron chi connectivity index (χ0n) is 24.2. The Hall–Kier alpha value is -0.0800. The van der Waals surface area contributed by atoms with E-state index in [2.05, 4.69) is 20.8 Å². The summed E-state index contributed by atoms with van der Waals surface area (Å²) in [5, 5.41) is 21.4. The third kappa shape index (κ3) is 22.4. The van der Waals surface area contributed by atoms with Crippen LogP contribution in [-0.4, -0.2) is 21.9 Å². The van der Waals surface area contributed by atoms with E-state index in [0.29, 0.717) is 6.42 Å². The first-order valence-corrected chi connectivity index (χ1v) is 15.8. The zero-order chi connectivity index (χ0) is 25.3. The summed E-state index contributed by atoms with van der Waals surface area (Å²) in [4.78, 5) is 0. The van der Waals surface area contributed by atoms with Crippen LogP contribution in [0.5, 0.6) is 0 Å². The van der Waals surface area contributed by atoms with E-state index in [0.717, 1.165) is 19.3 Å². The Balaban J connectivity index is 3.60. The van der Waals surface area contributed by atoms with Crippen LogP contribution in [0.2, 0.25) is 0 Å². The third-order valence-corrected chi connectivity index (χ3v) is 8.09. The Morgan fingerprint density at radius 2 is 0.794 bits per heavy atom. The molecule has 3 atom stereocenters. The fraction of sp³-hybridized carbons (Fsp3) is 1.00. The van der Waals surface area contributed by atoms with E-state index in [4.69, 9.17) is 0 Å². The molecule has 2 nitrogen and oxygen atoms in total. The lowest BCUT2D eigenvalue weighted by Gasteiger charge is -2.32. The van der Waals surface area contributed by atoms with Crippen molar-refractivity contribution >= 4 is 0 Å². The Bertz CT molecular complexity index is 392. The molecule has 0 heterocycles. The minimum atomic E-state index is -0.740. The van der Waals surface area contributed by atoms with Crippen molar-refractivity contribution in [2.24, 2.45) is 5.92 Å². The molecular weight excluding hydrogens is 416 g/mol. The van der Waals surface area contributed by atoms with Crippen LogP contribution in [0, 0.1) is 5.92 Å². The van der Waals surface area contributed by atoms with Crippen LogP contribution in [0.4, 0.5) is 0 Å². The summed E-state index contributed by atoms with van der Waals surface area (Å²) in [5.41, 5.74) is -0.740. The number of hydrogen-bond donors (Lipinski definition) is 2. The van der Waals surface area contributed by atoms with Crippen LogP contribution in [-0.2, 0) is 0 Å². The van der Waals surface area contributed by atoms with E-state index in [1.54, 1.807) is 0 Å².